The molecule has 0 amide bonds. The van der Waals surface area contributed by atoms with E-state index in [1.165, 1.54) is 49.8 Å². The lowest BCUT2D eigenvalue weighted by Gasteiger charge is -2.46. The Kier molecular flexibility index (Phi) is 2.96. The molecule has 16 heavy (non-hydrogen) atoms. The molecular weight excluding hydrogens is 218 g/mol. The highest BCUT2D eigenvalue weighted by Crippen LogP contribution is 2.30. The standard InChI is InChI=1S/C12H19N3S/c1-2-3-10-9-16-12(13-10)11-8-14-4-6-15(11)7-5-14/h9,11H,2-8H2,1H3. The molecule has 0 aliphatic carbocycles. The molecule has 1 atom stereocenters. The predicted octanol–water partition coefficient (Wildman–Crippen LogP) is 1.77. The van der Waals surface area contributed by atoms with Gasteiger partial charge in [-0.15, -0.1) is 11.3 Å². The van der Waals surface area contributed by atoms with Crippen LogP contribution in [0.2, 0.25) is 0 Å². The van der Waals surface area contributed by atoms with Crippen LogP contribution in [0, 0.1) is 0 Å². The molecule has 0 saturated carbocycles. The summed E-state index contributed by atoms with van der Waals surface area (Å²) in [5, 5.41) is 3.59. The Morgan fingerprint density at radius 3 is 2.81 bits per heavy atom. The molecule has 1 aromatic rings. The van der Waals surface area contributed by atoms with Gasteiger partial charge in [-0.1, -0.05) is 13.3 Å². The molecule has 3 aliphatic rings. The largest absolute Gasteiger partial charge is 0.299 e. The van der Waals surface area contributed by atoms with Gasteiger partial charge in [0.2, 0.25) is 0 Å². The van der Waals surface area contributed by atoms with Crippen molar-refractivity contribution in [2.45, 2.75) is 25.8 Å². The molecule has 3 saturated heterocycles. The van der Waals surface area contributed by atoms with E-state index in [-0.39, 0.29) is 0 Å². The Bertz CT molecular complexity index is 355. The summed E-state index contributed by atoms with van der Waals surface area (Å²) in [6, 6.07) is 0.582. The van der Waals surface area contributed by atoms with E-state index in [0.29, 0.717) is 6.04 Å². The SMILES string of the molecule is CCCc1csc(C2CN3CCN2CC3)n1. The van der Waals surface area contributed by atoms with E-state index in [9.17, 15) is 0 Å². The maximum atomic E-state index is 4.79. The van der Waals surface area contributed by atoms with Crippen LogP contribution >= 0.6 is 11.3 Å². The van der Waals surface area contributed by atoms with Crippen LogP contribution < -0.4 is 0 Å². The van der Waals surface area contributed by atoms with Crippen LogP contribution in [-0.4, -0.2) is 47.5 Å². The molecule has 0 spiro atoms. The predicted molar refractivity (Wildman–Crippen MR) is 66.9 cm³/mol. The second-order valence-electron chi connectivity index (χ2n) is 4.78. The fourth-order valence-electron chi connectivity index (χ4n) is 2.70. The highest BCUT2D eigenvalue weighted by Gasteiger charge is 2.34. The van der Waals surface area contributed by atoms with E-state index in [1.54, 1.807) is 0 Å². The summed E-state index contributed by atoms with van der Waals surface area (Å²) in [4.78, 5) is 9.97. The molecule has 0 N–H and O–H groups in total. The van der Waals surface area contributed by atoms with Gasteiger partial charge in [-0.3, -0.25) is 9.80 Å². The third-order valence-electron chi connectivity index (χ3n) is 3.64. The van der Waals surface area contributed by atoms with Crippen LogP contribution in [0.15, 0.2) is 5.38 Å². The third kappa shape index (κ3) is 1.90. The first-order valence-electron chi connectivity index (χ1n) is 6.27. The van der Waals surface area contributed by atoms with Gasteiger partial charge in [-0.25, -0.2) is 4.98 Å². The normalized spacial score (nSPS) is 33.2. The van der Waals surface area contributed by atoms with Crippen molar-refractivity contribution in [2.75, 3.05) is 32.7 Å². The fraction of sp³-hybridized carbons (Fsp3) is 0.750. The van der Waals surface area contributed by atoms with Gasteiger partial charge in [-0.2, -0.15) is 0 Å². The summed E-state index contributed by atoms with van der Waals surface area (Å²) < 4.78 is 0. The minimum absolute atomic E-state index is 0.582. The van der Waals surface area contributed by atoms with Gasteiger partial charge >= 0.3 is 0 Å². The van der Waals surface area contributed by atoms with Crippen molar-refractivity contribution in [3.63, 3.8) is 0 Å². The Hall–Kier alpha value is -0.450. The first-order chi connectivity index (χ1) is 7.86. The van der Waals surface area contributed by atoms with E-state index in [2.05, 4.69) is 22.1 Å². The molecule has 0 radical (unpaired) electrons. The summed E-state index contributed by atoms with van der Waals surface area (Å²) in [5.74, 6) is 0. The van der Waals surface area contributed by atoms with Crippen molar-refractivity contribution in [1.82, 2.24) is 14.8 Å². The summed E-state index contributed by atoms with van der Waals surface area (Å²) >= 11 is 1.86. The maximum Gasteiger partial charge on any atom is 0.111 e. The highest BCUT2D eigenvalue weighted by atomic mass is 32.1. The van der Waals surface area contributed by atoms with Crippen molar-refractivity contribution >= 4 is 11.3 Å². The first kappa shape index (κ1) is 10.7. The number of fused-ring (bicyclic) bond motifs is 3. The maximum absolute atomic E-state index is 4.79. The third-order valence-corrected chi connectivity index (χ3v) is 4.63. The zero-order chi connectivity index (χ0) is 11.0. The van der Waals surface area contributed by atoms with Crippen LogP contribution in [0.3, 0.4) is 0 Å². The van der Waals surface area contributed by atoms with Crippen LogP contribution in [0.5, 0.6) is 0 Å². The number of piperazine rings is 3. The molecule has 2 bridgehead atoms. The Morgan fingerprint density at radius 1 is 1.38 bits per heavy atom. The lowest BCUT2D eigenvalue weighted by Crippen LogP contribution is -2.56. The second-order valence-corrected chi connectivity index (χ2v) is 5.67. The molecule has 1 aromatic heterocycles. The summed E-state index contributed by atoms with van der Waals surface area (Å²) in [7, 11) is 0. The second kappa shape index (κ2) is 4.43. The first-order valence-corrected chi connectivity index (χ1v) is 7.15. The zero-order valence-corrected chi connectivity index (χ0v) is 10.7. The minimum Gasteiger partial charge on any atom is -0.299 e. The van der Waals surface area contributed by atoms with Gasteiger partial charge in [0.1, 0.15) is 5.01 Å². The van der Waals surface area contributed by atoms with E-state index < -0.39 is 0 Å². The molecular formula is C12H19N3S. The van der Waals surface area contributed by atoms with Gasteiger partial charge in [0.05, 0.1) is 11.7 Å². The highest BCUT2D eigenvalue weighted by molar-refractivity contribution is 7.09. The number of hydrogen-bond donors (Lipinski definition) is 0. The zero-order valence-electron chi connectivity index (χ0n) is 9.85. The summed E-state index contributed by atoms with van der Waals surface area (Å²) in [5.41, 5.74) is 1.29. The van der Waals surface area contributed by atoms with Crippen molar-refractivity contribution in [3.8, 4) is 0 Å². The number of rotatable bonds is 3. The minimum atomic E-state index is 0.582. The van der Waals surface area contributed by atoms with Crippen molar-refractivity contribution < 1.29 is 0 Å². The number of aromatic nitrogens is 1. The number of hydrogen-bond acceptors (Lipinski definition) is 4. The Morgan fingerprint density at radius 2 is 2.19 bits per heavy atom. The van der Waals surface area contributed by atoms with E-state index in [4.69, 9.17) is 4.98 Å². The Balaban J connectivity index is 1.76. The molecule has 3 aliphatic heterocycles. The molecule has 4 heteroatoms. The molecule has 3 nitrogen and oxygen atoms in total. The van der Waals surface area contributed by atoms with Gasteiger partial charge in [0, 0.05) is 38.1 Å². The molecule has 0 aromatic carbocycles. The Labute approximate surface area is 101 Å². The van der Waals surface area contributed by atoms with Crippen LogP contribution in [0.1, 0.15) is 30.1 Å². The quantitative estimate of drug-likeness (QED) is 0.798. The fourth-order valence-corrected chi connectivity index (χ4v) is 3.68. The van der Waals surface area contributed by atoms with E-state index >= 15 is 0 Å². The van der Waals surface area contributed by atoms with Crippen molar-refractivity contribution in [2.24, 2.45) is 0 Å². The van der Waals surface area contributed by atoms with Gasteiger partial charge in [-0.05, 0) is 6.42 Å². The lowest BCUT2D eigenvalue weighted by atomic mass is 10.1. The number of aryl methyl sites for hydroxylation is 1. The molecule has 1 unspecified atom stereocenters. The topological polar surface area (TPSA) is 19.4 Å². The van der Waals surface area contributed by atoms with E-state index in [1.807, 2.05) is 11.3 Å². The van der Waals surface area contributed by atoms with Crippen LogP contribution in [-0.2, 0) is 6.42 Å². The van der Waals surface area contributed by atoms with Gasteiger partial charge < -0.3 is 0 Å². The molecule has 3 fully saturated rings. The smallest absolute Gasteiger partial charge is 0.111 e. The molecule has 4 rings (SSSR count). The van der Waals surface area contributed by atoms with Gasteiger partial charge in [0.25, 0.3) is 0 Å². The van der Waals surface area contributed by atoms with E-state index in [0.717, 1.165) is 6.42 Å². The van der Waals surface area contributed by atoms with Crippen LogP contribution in [0.4, 0.5) is 0 Å². The lowest BCUT2D eigenvalue weighted by molar-refractivity contribution is 0.0122. The number of nitrogens with zero attached hydrogens (tertiary/aromatic N) is 3. The summed E-state index contributed by atoms with van der Waals surface area (Å²) in [6.07, 6.45) is 2.33. The average molecular weight is 237 g/mol. The van der Waals surface area contributed by atoms with Crippen LogP contribution in [0.25, 0.3) is 0 Å². The van der Waals surface area contributed by atoms with Crippen molar-refractivity contribution in [1.29, 1.82) is 0 Å². The molecule has 88 valence electrons. The summed E-state index contributed by atoms with van der Waals surface area (Å²) in [6.45, 7) is 8.38. The molecule has 4 heterocycles. The monoisotopic (exact) mass is 237 g/mol. The average Bonchev–Trinajstić information content (AvgIpc) is 2.80. The van der Waals surface area contributed by atoms with Crippen molar-refractivity contribution in [3.05, 3.63) is 16.1 Å². The van der Waals surface area contributed by atoms with Gasteiger partial charge in [0.15, 0.2) is 0 Å². The number of thiazole rings is 1.